The quantitative estimate of drug-likeness (QED) is 0.812. The summed E-state index contributed by atoms with van der Waals surface area (Å²) in [6, 6.07) is 7.48. The molecule has 0 aliphatic heterocycles. The van der Waals surface area contributed by atoms with E-state index in [4.69, 9.17) is 4.74 Å². The van der Waals surface area contributed by atoms with Crippen molar-refractivity contribution in [3.05, 3.63) is 29.8 Å². The Balaban J connectivity index is 1.93. The minimum atomic E-state index is -0.283. The summed E-state index contributed by atoms with van der Waals surface area (Å²) in [5, 5.41) is 3.40. The largest absolute Gasteiger partial charge is 0.465 e. The lowest BCUT2D eigenvalue weighted by Crippen LogP contribution is -2.11. The van der Waals surface area contributed by atoms with Crippen molar-refractivity contribution < 1.29 is 9.53 Å². The van der Waals surface area contributed by atoms with E-state index in [9.17, 15) is 4.79 Å². The van der Waals surface area contributed by atoms with Crippen LogP contribution in [0.4, 0.5) is 5.69 Å². The summed E-state index contributed by atoms with van der Waals surface area (Å²) in [5.74, 6) is 0.506. The highest BCUT2D eigenvalue weighted by Crippen LogP contribution is 2.25. The van der Waals surface area contributed by atoms with Crippen LogP contribution in [0.1, 0.15) is 36.0 Å². The number of anilines is 1. The lowest BCUT2D eigenvalue weighted by atomic mass is 10.1. The van der Waals surface area contributed by atoms with Crippen LogP contribution in [0.3, 0.4) is 0 Å². The normalized spacial score (nSPS) is 15.8. The molecule has 0 bridgehead atoms. The van der Waals surface area contributed by atoms with Crippen molar-refractivity contribution in [2.24, 2.45) is 5.92 Å². The number of ether oxygens (including phenoxy) is 1. The Hall–Kier alpha value is -1.51. The Morgan fingerprint density at radius 1 is 1.41 bits per heavy atom. The number of carbonyl (C=O) groups excluding carboxylic acids is 1. The second-order valence-corrected chi connectivity index (χ2v) is 4.60. The van der Waals surface area contributed by atoms with Crippen molar-refractivity contribution in [1.29, 1.82) is 0 Å². The van der Waals surface area contributed by atoms with E-state index in [0.29, 0.717) is 5.56 Å². The summed E-state index contributed by atoms with van der Waals surface area (Å²) >= 11 is 0. The fourth-order valence-electron chi connectivity index (χ4n) is 2.35. The third-order valence-corrected chi connectivity index (χ3v) is 3.35. The molecule has 0 saturated heterocycles. The SMILES string of the molecule is COC(=O)c1cccc(NCC2CCCC2)c1. The van der Waals surface area contributed by atoms with Gasteiger partial charge in [0.1, 0.15) is 0 Å². The molecule has 0 amide bonds. The van der Waals surface area contributed by atoms with Crippen LogP contribution < -0.4 is 5.32 Å². The van der Waals surface area contributed by atoms with Gasteiger partial charge in [-0.05, 0) is 37.0 Å². The van der Waals surface area contributed by atoms with Crippen LogP contribution in [-0.2, 0) is 4.74 Å². The summed E-state index contributed by atoms with van der Waals surface area (Å²) < 4.78 is 4.70. The Kier molecular flexibility index (Phi) is 4.02. The summed E-state index contributed by atoms with van der Waals surface area (Å²) in [6.07, 6.45) is 5.36. The molecule has 1 aromatic rings. The predicted octanol–water partition coefficient (Wildman–Crippen LogP) is 3.08. The van der Waals surface area contributed by atoms with Crippen LogP contribution in [0.2, 0.25) is 0 Å². The maximum Gasteiger partial charge on any atom is 0.337 e. The van der Waals surface area contributed by atoms with Crippen molar-refractivity contribution in [1.82, 2.24) is 0 Å². The van der Waals surface area contributed by atoms with Crippen molar-refractivity contribution in [3.8, 4) is 0 Å². The van der Waals surface area contributed by atoms with E-state index in [1.54, 1.807) is 6.07 Å². The van der Waals surface area contributed by atoms with Gasteiger partial charge in [-0.3, -0.25) is 0 Å². The lowest BCUT2D eigenvalue weighted by Gasteiger charge is -2.12. The lowest BCUT2D eigenvalue weighted by molar-refractivity contribution is 0.0601. The standard InChI is InChI=1S/C14H19NO2/c1-17-14(16)12-7-4-8-13(9-12)15-10-11-5-2-3-6-11/h4,7-9,11,15H,2-3,5-6,10H2,1H3. The second kappa shape index (κ2) is 5.71. The summed E-state index contributed by atoms with van der Waals surface area (Å²) in [5.41, 5.74) is 1.60. The Morgan fingerprint density at radius 3 is 2.88 bits per heavy atom. The molecule has 0 spiro atoms. The van der Waals surface area contributed by atoms with Gasteiger partial charge in [0.05, 0.1) is 12.7 Å². The molecule has 92 valence electrons. The van der Waals surface area contributed by atoms with Gasteiger partial charge in [0.2, 0.25) is 0 Å². The average Bonchev–Trinajstić information content (AvgIpc) is 2.89. The van der Waals surface area contributed by atoms with E-state index >= 15 is 0 Å². The van der Waals surface area contributed by atoms with Gasteiger partial charge in [-0.15, -0.1) is 0 Å². The number of nitrogens with one attached hydrogen (secondary N) is 1. The zero-order valence-corrected chi connectivity index (χ0v) is 10.2. The first kappa shape index (κ1) is 12.0. The zero-order chi connectivity index (χ0) is 12.1. The first-order valence-corrected chi connectivity index (χ1v) is 6.22. The summed E-state index contributed by atoms with van der Waals surface area (Å²) in [7, 11) is 1.40. The maximum atomic E-state index is 11.4. The first-order chi connectivity index (χ1) is 8.29. The van der Waals surface area contributed by atoms with Crippen LogP contribution >= 0.6 is 0 Å². The molecule has 1 aliphatic rings. The number of hydrogen-bond acceptors (Lipinski definition) is 3. The molecule has 1 fully saturated rings. The van der Waals surface area contributed by atoms with Crippen molar-refractivity contribution >= 4 is 11.7 Å². The smallest absolute Gasteiger partial charge is 0.337 e. The molecule has 3 nitrogen and oxygen atoms in total. The second-order valence-electron chi connectivity index (χ2n) is 4.60. The van der Waals surface area contributed by atoms with Crippen LogP contribution in [-0.4, -0.2) is 19.6 Å². The molecule has 0 atom stereocenters. The zero-order valence-electron chi connectivity index (χ0n) is 10.2. The minimum Gasteiger partial charge on any atom is -0.465 e. The van der Waals surface area contributed by atoms with E-state index in [0.717, 1.165) is 18.2 Å². The van der Waals surface area contributed by atoms with Crippen LogP contribution in [0.25, 0.3) is 0 Å². The van der Waals surface area contributed by atoms with E-state index in [2.05, 4.69) is 5.32 Å². The molecule has 0 radical (unpaired) electrons. The van der Waals surface area contributed by atoms with Crippen molar-refractivity contribution in [2.75, 3.05) is 19.0 Å². The van der Waals surface area contributed by atoms with E-state index in [1.807, 2.05) is 18.2 Å². The van der Waals surface area contributed by atoms with Gasteiger partial charge in [-0.2, -0.15) is 0 Å². The van der Waals surface area contributed by atoms with E-state index < -0.39 is 0 Å². The molecule has 1 saturated carbocycles. The number of carbonyl (C=O) groups is 1. The van der Waals surface area contributed by atoms with Crippen molar-refractivity contribution in [3.63, 3.8) is 0 Å². The molecular weight excluding hydrogens is 214 g/mol. The predicted molar refractivity (Wildman–Crippen MR) is 68.2 cm³/mol. The average molecular weight is 233 g/mol. The molecule has 1 aliphatic carbocycles. The van der Waals surface area contributed by atoms with Crippen LogP contribution in [0.15, 0.2) is 24.3 Å². The van der Waals surface area contributed by atoms with Gasteiger partial charge in [0, 0.05) is 12.2 Å². The van der Waals surface area contributed by atoms with Gasteiger partial charge in [0.25, 0.3) is 0 Å². The Labute approximate surface area is 102 Å². The fraction of sp³-hybridized carbons (Fsp3) is 0.500. The molecule has 17 heavy (non-hydrogen) atoms. The summed E-state index contributed by atoms with van der Waals surface area (Å²) in [6.45, 7) is 1.00. The first-order valence-electron chi connectivity index (χ1n) is 6.22. The third-order valence-electron chi connectivity index (χ3n) is 3.35. The highest BCUT2D eigenvalue weighted by atomic mass is 16.5. The Bertz CT molecular complexity index is 384. The highest BCUT2D eigenvalue weighted by Gasteiger charge is 2.14. The molecule has 0 heterocycles. The molecular formula is C14H19NO2. The molecule has 3 heteroatoms. The van der Waals surface area contributed by atoms with Gasteiger partial charge >= 0.3 is 5.97 Å². The molecule has 2 rings (SSSR count). The molecule has 1 aromatic carbocycles. The van der Waals surface area contributed by atoms with E-state index in [1.165, 1.54) is 32.8 Å². The Morgan fingerprint density at radius 2 is 2.18 bits per heavy atom. The van der Waals surface area contributed by atoms with Gasteiger partial charge in [-0.25, -0.2) is 4.79 Å². The number of benzene rings is 1. The maximum absolute atomic E-state index is 11.4. The topological polar surface area (TPSA) is 38.3 Å². The molecule has 0 unspecified atom stereocenters. The highest BCUT2D eigenvalue weighted by molar-refractivity contribution is 5.90. The van der Waals surface area contributed by atoms with Crippen LogP contribution in [0.5, 0.6) is 0 Å². The van der Waals surface area contributed by atoms with Gasteiger partial charge < -0.3 is 10.1 Å². The van der Waals surface area contributed by atoms with E-state index in [-0.39, 0.29) is 5.97 Å². The number of rotatable bonds is 4. The molecule has 1 N–H and O–H groups in total. The van der Waals surface area contributed by atoms with Gasteiger partial charge in [0.15, 0.2) is 0 Å². The van der Waals surface area contributed by atoms with Crippen LogP contribution in [0, 0.1) is 5.92 Å². The fourth-order valence-corrected chi connectivity index (χ4v) is 2.35. The van der Waals surface area contributed by atoms with Crippen molar-refractivity contribution in [2.45, 2.75) is 25.7 Å². The summed E-state index contributed by atoms with van der Waals surface area (Å²) in [4.78, 5) is 11.4. The monoisotopic (exact) mass is 233 g/mol. The molecule has 0 aromatic heterocycles. The number of methoxy groups -OCH3 is 1. The third kappa shape index (κ3) is 3.22. The number of esters is 1. The number of hydrogen-bond donors (Lipinski definition) is 1. The minimum absolute atomic E-state index is 0.283. The van der Waals surface area contributed by atoms with Gasteiger partial charge in [-0.1, -0.05) is 18.9 Å².